The van der Waals surface area contributed by atoms with E-state index in [9.17, 15) is 14.9 Å². The van der Waals surface area contributed by atoms with Crippen molar-refractivity contribution in [2.24, 2.45) is 4.99 Å². The molecule has 3 aromatic carbocycles. The molecule has 9 nitrogen and oxygen atoms in total. The van der Waals surface area contributed by atoms with Crippen LogP contribution in [0.15, 0.2) is 86.6 Å². The first kappa shape index (κ1) is 28.1. The van der Waals surface area contributed by atoms with E-state index in [0.717, 1.165) is 26.9 Å². The molecular weight excluding hydrogens is 557 g/mol. The van der Waals surface area contributed by atoms with Crippen molar-refractivity contribution >= 4 is 57.8 Å². The lowest BCUT2D eigenvalue weighted by Gasteiger charge is -2.17. The van der Waals surface area contributed by atoms with Crippen LogP contribution in [-0.4, -0.2) is 54.7 Å². The number of nitrogens with one attached hydrogen (secondary N) is 1. The maximum Gasteiger partial charge on any atom is 0.414 e. The summed E-state index contributed by atoms with van der Waals surface area (Å²) in [5.41, 5.74) is 3.68. The molecule has 0 atom stereocenters. The predicted molar refractivity (Wildman–Crippen MR) is 164 cm³/mol. The molecule has 0 unspecified atom stereocenters. The minimum absolute atomic E-state index is 0.152. The Kier molecular flexibility index (Phi) is 8.23. The van der Waals surface area contributed by atoms with Crippen LogP contribution >= 0.6 is 23.5 Å². The fraction of sp³-hybridized carbons (Fsp3) is 0.200. The van der Waals surface area contributed by atoms with E-state index < -0.39 is 6.09 Å². The highest BCUT2D eigenvalue weighted by Gasteiger charge is 2.39. The number of amidine groups is 1. The van der Waals surface area contributed by atoms with E-state index in [-0.39, 0.29) is 5.91 Å². The van der Waals surface area contributed by atoms with Crippen molar-refractivity contribution in [3.8, 4) is 11.8 Å². The van der Waals surface area contributed by atoms with Crippen molar-refractivity contribution in [1.82, 2.24) is 9.80 Å². The van der Waals surface area contributed by atoms with Gasteiger partial charge in [-0.3, -0.25) is 9.69 Å². The number of benzene rings is 3. The first-order valence-corrected chi connectivity index (χ1v) is 14.5. The Balaban J connectivity index is 1.54. The molecule has 2 aliphatic heterocycles. The second-order valence-corrected chi connectivity index (χ2v) is 11.4. The summed E-state index contributed by atoms with van der Waals surface area (Å²) >= 11 is 2.80. The first-order valence-electron chi connectivity index (χ1n) is 12.9. The van der Waals surface area contributed by atoms with Gasteiger partial charge in [0.25, 0.3) is 5.91 Å². The predicted octanol–water partition coefficient (Wildman–Crippen LogP) is 6.22. The fourth-order valence-corrected chi connectivity index (χ4v) is 6.56. The number of amides is 2. The van der Waals surface area contributed by atoms with Gasteiger partial charge >= 0.3 is 6.09 Å². The molecule has 0 aliphatic carbocycles. The Morgan fingerprint density at radius 2 is 1.88 bits per heavy atom. The van der Waals surface area contributed by atoms with Crippen molar-refractivity contribution in [2.75, 3.05) is 37.9 Å². The number of nitrogens with zero attached hydrogens (tertiary/aromatic N) is 5. The van der Waals surface area contributed by atoms with Crippen LogP contribution in [0.25, 0.3) is 0 Å². The molecule has 2 heterocycles. The molecule has 1 saturated heterocycles. The van der Waals surface area contributed by atoms with Gasteiger partial charge in [-0.2, -0.15) is 5.26 Å². The molecule has 5 rings (SSSR count). The number of fused-ring (bicyclic) bond motifs is 1. The van der Waals surface area contributed by atoms with Crippen LogP contribution in [0, 0.1) is 11.3 Å². The summed E-state index contributed by atoms with van der Waals surface area (Å²) in [7, 11) is 5.14. The number of thioether (sulfide) groups is 2. The lowest BCUT2D eigenvalue weighted by Crippen LogP contribution is -2.29. The highest BCUT2D eigenvalue weighted by atomic mass is 32.2. The lowest BCUT2D eigenvalue weighted by molar-refractivity contribution is -0.122. The van der Waals surface area contributed by atoms with Crippen molar-refractivity contribution in [1.29, 1.82) is 5.26 Å². The average Bonchev–Trinajstić information content (AvgIpc) is 3.45. The van der Waals surface area contributed by atoms with Crippen LogP contribution < -0.4 is 15.0 Å². The zero-order chi connectivity index (χ0) is 29.1. The molecule has 0 spiro atoms. The second-order valence-electron chi connectivity index (χ2n) is 9.43. The van der Waals surface area contributed by atoms with Crippen LogP contribution in [0.3, 0.4) is 0 Å². The molecule has 3 aromatic rings. The summed E-state index contributed by atoms with van der Waals surface area (Å²) in [6.07, 6.45) is -0.465. The van der Waals surface area contributed by atoms with Gasteiger partial charge in [0.15, 0.2) is 5.17 Å². The van der Waals surface area contributed by atoms with E-state index in [4.69, 9.17) is 9.73 Å². The fourth-order valence-electron chi connectivity index (χ4n) is 4.24. The van der Waals surface area contributed by atoms with Crippen molar-refractivity contribution in [3.05, 3.63) is 87.8 Å². The largest absolute Gasteiger partial charge is 0.414 e. The van der Waals surface area contributed by atoms with E-state index in [2.05, 4.69) is 11.4 Å². The van der Waals surface area contributed by atoms with Gasteiger partial charge in [-0.05, 0) is 54.6 Å². The number of aliphatic imine (C=N–C) groups is 1. The van der Waals surface area contributed by atoms with Gasteiger partial charge < -0.3 is 19.9 Å². The van der Waals surface area contributed by atoms with E-state index in [1.165, 1.54) is 28.4 Å². The summed E-state index contributed by atoms with van der Waals surface area (Å²) in [4.78, 5) is 37.5. The van der Waals surface area contributed by atoms with Gasteiger partial charge in [-0.25, -0.2) is 9.79 Å². The van der Waals surface area contributed by atoms with Gasteiger partial charge in [-0.1, -0.05) is 42.1 Å². The maximum atomic E-state index is 14.0. The third kappa shape index (κ3) is 5.89. The van der Waals surface area contributed by atoms with Crippen LogP contribution in [0.1, 0.15) is 18.1 Å². The number of hydrogen-bond acceptors (Lipinski definition) is 9. The van der Waals surface area contributed by atoms with E-state index in [1.807, 2.05) is 61.3 Å². The van der Waals surface area contributed by atoms with Crippen LogP contribution in [-0.2, 0) is 11.3 Å². The van der Waals surface area contributed by atoms with Gasteiger partial charge in [0.2, 0.25) is 0 Å². The summed E-state index contributed by atoms with van der Waals surface area (Å²) in [6, 6.07) is 22.7. The molecular formula is C30H28N6O3S2. The van der Waals surface area contributed by atoms with E-state index in [0.29, 0.717) is 40.2 Å². The van der Waals surface area contributed by atoms with Gasteiger partial charge in [0.05, 0.1) is 40.3 Å². The maximum absolute atomic E-state index is 14.0. The summed E-state index contributed by atoms with van der Waals surface area (Å²) in [6.45, 7) is 3.03. The smallest absolute Gasteiger partial charge is 0.410 e. The lowest BCUT2D eigenvalue weighted by atomic mass is 10.2. The van der Waals surface area contributed by atoms with Gasteiger partial charge in [0.1, 0.15) is 10.7 Å². The molecule has 208 valence electrons. The Morgan fingerprint density at radius 3 is 2.59 bits per heavy atom. The highest BCUT2D eigenvalue weighted by Crippen LogP contribution is 2.51. The molecule has 0 saturated carbocycles. The summed E-state index contributed by atoms with van der Waals surface area (Å²) in [5, 5.41) is 14.1. The molecule has 1 fully saturated rings. The van der Waals surface area contributed by atoms with E-state index >= 15 is 0 Å². The quantitative estimate of drug-likeness (QED) is 0.341. The normalized spacial score (nSPS) is 17.0. The van der Waals surface area contributed by atoms with Crippen LogP contribution in [0.5, 0.6) is 5.75 Å². The van der Waals surface area contributed by atoms with Crippen molar-refractivity contribution in [3.63, 3.8) is 0 Å². The Hall–Kier alpha value is -4.40. The second kappa shape index (κ2) is 12.0. The summed E-state index contributed by atoms with van der Waals surface area (Å²) in [5.74, 6) is 0.272. The number of anilines is 2. The first-order chi connectivity index (χ1) is 19.8. The molecule has 41 heavy (non-hydrogen) atoms. The number of ether oxygens (including phenoxy) is 1. The van der Waals surface area contributed by atoms with E-state index in [1.54, 1.807) is 43.3 Å². The minimum atomic E-state index is -0.465. The molecule has 2 aliphatic rings. The summed E-state index contributed by atoms with van der Waals surface area (Å²) < 4.78 is 5.45. The molecule has 1 N–H and O–H groups in total. The zero-order valence-electron chi connectivity index (χ0n) is 23.0. The zero-order valence-corrected chi connectivity index (χ0v) is 24.7. The third-order valence-electron chi connectivity index (χ3n) is 6.32. The molecule has 0 bridgehead atoms. The Labute approximate surface area is 247 Å². The van der Waals surface area contributed by atoms with Gasteiger partial charge in [0, 0.05) is 38.6 Å². The van der Waals surface area contributed by atoms with Gasteiger partial charge in [-0.15, -0.1) is 0 Å². The average molecular weight is 585 g/mol. The van der Waals surface area contributed by atoms with Crippen molar-refractivity contribution < 1.29 is 14.3 Å². The monoisotopic (exact) mass is 584 g/mol. The number of carbonyl (C=O) groups is 2. The number of hydrogen-bond donors (Lipinski definition) is 1. The number of rotatable bonds is 6. The minimum Gasteiger partial charge on any atom is -0.410 e. The van der Waals surface area contributed by atoms with Crippen LogP contribution in [0.2, 0.25) is 0 Å². The Morgan fingerprint density at radius 1 is 1.10 bits per heavy atom. The van der Waals surface area contributed by atoms with Crippen LogP contribution in [0.4, 0.5) is 21.9 Å². The molecule has 11 heteroatoms. The number of carbonyl (C=O) groups excluding carboxylic acids is 2. The third-order valence-corrected chi connectivity index (χ3v) is 8.76. The molecule has 2 amide bonds. The standard InChI is InChI=1S/C30H28N6O3S2/c1-5-32-22-13-11-20(17-31)15-23(22)33-29-36(18-19-9-7-6-8-10-19)27(37)26(41-29)28-35(4)24-16-21(12-14-25(24)40-28)39-30(38)34(2)3/h6-16,32H,5,18H2,1-4H3. The van der Waals surface area contributed by atoms with Crippen molar-refractivity contribution in [2.45, 2.75) is 18.4 Å². The Bertz CT molecular complexity index is 1610. The SMILES string of the molecule is CCNc1ccc(C#N)cc1N=C1SC(=C2Sc3ccc(OC(=O)N(C)C)cc3N2C)C(=O)N1Cc1ccccc1. The number of nitriles is 1. The molecule has 0 aromatic heterocycles. The topological polar surface area (TPSA) is 101 Å². The highest BCUT2D eigenvalue weighted by molar-refractivity contribution is 8.19. The molecule has 0 radical (unpaired) electrons.